The quantitative estimate of drug-likeness (QED) is 0.631. The Morgan fingerprint density at radius 2 is 1.50 bits per heavy atom. The van der Waals surface area contributed by atoms with Gasteiger partial charge in [-0.15, -0.1) is 0 Å². The number of carbonyl (C=O) groups is 1. The smallest absolute Gasteiger partial charge is 0.235 e. The van der Waals surface area contributed by atoms with Gasteiger partial charge in [0.05, 0.1) is 18.7 Å². The van der Waals surface area contributed by atoms with Crippen LogP contribution in [0.5, 0.6) is 0 Å². The molecule has 4 heteroatoms. The van der Waals surface area contributed by atoms with Gasteiger partial charge in [0, 0.05) is 19.3 Å². The fourth-order valence-corrected chi connectivity index (χ4v) is 3.89. The predicted molar refractivity (Wildman–Crippen MR) is 108 cm³/mol. The van der Waals surface area contributed by atoms with Crippen LogP contribution in [-0.2, 0) is 16.1 Å². The Morgan fingerprint density at radius 1 is 0.893 bits per heavy atom. The van der Waals surface area contributed by atoms with E-state index in [1.807, 2.05) is 77.7 Å². The molecule has 4 rings (SSSR count). The monoisotopic (exact) mass is 375 g/mol. The minimum absolute atomic E-state index is 0.112. The van der Waals surface area contributed by atoms with Gasteiger partial charge in [0.25, 0.3) is 0 Å². The number of hydrogen-bond acceptors (Lipinski definition) is 3. The van der Waals surface area contributed by atoms with Crippen molar-refractivity contribution in [1.82, 2.24) is 4.90 Å². The highest BCUT2D eigenvalue weighted by atomic mass is 16.5. The molecule has 0 aliphatic carbocycles. The summed E-state index contributed by atoms with van der Waals surface area (Å²) in [6, 6.07) is 24.0. The molecule has 1 aromatic heterocycles. The predicted octanol–water partition coefficient (Wildman–Crippen LogP) is 4.62. The highest BCUT2D eigenvalue weighted by molar-refractivity contribution is 5.87. The van der Waals surface area contributed by atoms with Crippen LogP contribution < -0.4 is 0 Å². The third-order valence-electron chi connectivity index (χ3n) is 5.33. The van der Waals surface area contributed by atoms with Gasteiger partial charge < -0.3 is 14.1 Å². The first-order valence-electron chi connectivity index (χ1n) is 9.83. The van der Waals surface area contributed by atoms with Crippen molar-refractivity contribution in [2.24, 2.45) is 0 Å². The maximum Gasteiger partial charge on any atom is 0.235 e. The molecule has 1 fully saturated rings. The topological polar surface area (TPSA) is 42.7 Å². The van der Waals surface area contributed by atoms with Crippen molar-refractivity contribution in [3.8, 4) is 0 Å². The van der Waals surface area contributed by atoms with Gasteiger partial charge in [-0.3, -0.25) is 4.79 Å². The molecule has 2 heterocycles. The molecule has 0 atom stereocenters. The summed E-state index contributed by atoms with van der Waals surface area (Å²) in [5.74, 6) is 0.584. The van der Waals surface area contributed by atoms with Crippen molar-refractivity contribution in [3.05, 3.63) is 95.9 Å². The summed E-state index contributed by atoms with van der Waals surface area (Å²) in [6.45, 7) is 1.86. The lowest BCUT2D eigenvalue weighted by molar-refractivity contribution is -0.137. The standard InChI is InChI=1S/C24H25NO3/c26-24(23(19-8-3-1-4-9-19)20-10-5-2-6-11-20)25(18-22-12-7-15-28-22)21-13-16-27-17-14-21/h1-12,15,21,23H,13-14,16-18H2. The Bertz CT molecular complexity index is 816. The van der Waals surface area contributed by atoms with E-state index in [0.717, 1.165) is 29.7 Å². The van der Waals surface area contributed by atoms with Crippen LogP contribution in [0.2, 0.25) is 0 Å². The lowest BCUT2D eigenvalue weighted by atomic mass is 9.89. The number of hydrogen-bond donors (Lipinski definition) is 0. The summed E-state index contributed by atoms with van der Waals surface area (Å²) in [5, 5.41) is 0. The van der Waals surface area contributed by atoms with Crippen LogP contribution in [0, 0.1) is 0 Å². The van der Waals surface area contributed by atoms with E-state index in [4.69, 9.17) is 9.15 Å². The first kappa shape index (κ1) is 18.5. The largest absolute Gasteiger partial charge is 0.467 e. The molecule has 1 amide bonds. The number of furan rings is 1. The molecular formula is C24H25NO3. The maximum absolute atomic E-state index is 13.9. The van der Waals surface area contributed by atoms with Crippen LogP contribution in [0.1, 0.15) is 35.6 Å². The van der Waals surface area contributed by atoms with Crippen LogP contribution in [-0.4, -0.2) is 30.1 Å². The fraction of sp³-hybridized carbons (Fsp3) is 0.292. The summed E-state index contributed by atoms with van der Waals surface area (Å²) < 4.78 is 11.1. The van der Waals surface area contributed by atoms with Crippen LogP contribution in [0.4, 0.5) is 0 Å². The Hall–Kier alpha value is -2.85. The Morgan fingerprint density at radius 3 is 2.04 bits per heavy atom. The van der Waals surface area contributed by atoms with Crippen LogP contribution in [0.25, 0.3) is 0 Å². The van der Waals surface area contributed by atoms with Gasteiger partial charge in [-0.2, -0.15) is 0 Å². The average Bonchev–Trinajstić information content (AvgIpc) is 3.28. The molecule has 28 heavy (non-hydrogen) atoms. The van der Waals surface area contributed by atoms with Gasteiger partial charge in [0.2, 0.25) is 5.91 Å². The van der Waals surface area contributed by atoms with E-state index in [1.165, 1.54) is 0 Å². The molecule has 2 aromatic carbocycles. The third kappa shape index (κ3) is 4.18. The van der Waals surface area contributed by atoms with E-state index < -0.39 is 0 Å². The molecule has 1 saturated heterocycles. The molecule has 0 saturated carbocycles. The lowest BCUT2D eigenvalue weighted by Crippen LogP contribution is -2.45. The molecule has 0 spiro atoms. The molecule has 0 radical (unpaired) electrons. The second-order valence-corrected chi connectivity index (χ2v) is 7.14. The van der Waals surface area contributed by atoms with E-state index in [-0.39, 0.29) is 17.9 Å². The van der Waals surface area contributed by atoms with Crippen molar-refractivity contribution in [3.63, 3.8) is 0 Å². The number of amides is 1. The SMILES string of the molecule is O=C(C(c1ccccc1)c1ccccc1)N(Cc1ccco1)C1CCOCC1. The van der Waals surface area contributed by atoms with Crippen molar-refractivity contribution in [2.75, 3.05) is 13.2 Å². The molecule has 0 bridgehead atoms. The summed E-state index contributed by atoms with van der Waals surface area (Å²) in [7, 11) is 0. The Labute approximate surface area is 165 Å². The van der Waals surface area contributed by atoms with Gasteiger partial charge in [-0.05, 0) is 36.1 Å². The minimum atomic E-state index is -0.333. The second kappa shape index (κ2) is 8.89. The zero-order chi connectivity index (χ0) is 19.2. The Balaban J connectivity index is 1.70. The van der Waals surface area contributed by atoms with Gasteiger partial charge in [-0.1, -0.05) is 60.7 Å². The van der Waals surface area contributed by atoms with E-state index >= 15 is 0 Å². The summed E-state index contributed by atoms with van der Waals surface area (Å²) >= 11 is 0. The molecule has 144 valence electrons. The van der Waals surface area contributed by atoms with Crippen molar-refractivity contribution >= 4 is 5.91 Å². The maximum atomic E-state index is 13.9. The van der Waals surface area contributed by atoms with Gasteiger partial charge in [0.15, 0.2) is 0 Å². The van der Waals surface area contributed by atoms with E-state index in [0.29, 0.717) is 19.8 Å². The Kier molecular flexibility index (Phi) is 5.88. The molecule has 0 unspecified atom stereocenters. The second-order valence-electron chi connectivity index (χ2n) is 7.14. The molecule has 1 aliphatic rings. The highest BCUT2D eigenvalue weighted by Crippen LogP contribution is 2.30. The zero-order valence-corrected chi connectivity index (χ0v) is 15.9. The number of carbonyl (C=O) groups excluding carboxylic acids is 1. The van der Waals surface area contributed by atoms with Crippen LogP contribution >= 0.6 is 0 Å². The van der Waals surface area contributed by atoms with Crippen molar-refractivity contribution in [2.45, 2.75) is 31.3 Å². The fourth-order valence-electron chi connectivity index (χ4n) is 3.89. The summed E-state index contributed by atoms with van der Waals surface area (Å²) in [6.07, 6.45) is 3.36. The molecule has 3 aromatic rings. The number of ether oxygens (including phenoxy) is 1. The van der Waals surface area contributed by atoms with Crippen molar-refractivity contribution in [1.29, 1.82) is 0 Å². The highest BCUT2D eigenvalue weighted by Gasteiger charge is 2.33. The average molecular weight is 375 g/mol. The zero-order valence-electron chi connectivity index (χ0n) is 15.9. The third-order valence-corrected chi connectivity index (χ3v) is 5.33. The summed E-state index contributed by atoms with van der Waals surface area (Å²) in [5.41, 5.74) is 2.02. The molecule has 0 N–H and O–H groups in total. The van der Waals surface area contributed by atoms with Crippen molar-refractivity contribution < 1.29 is 13.9 Å². The molecule has 1 aliphatic heterocycles. The number of benzene rings is 2. The van der Waals surface area contributed by atoms with Gasteiger partial charge >= 0.3 is 0 Å². The van der Waals surface area contributed by atoms with E-state index in [1.54, 1.807) is 6.26 Å². The number of rotatable bonds is 6. The van der Waals surface area contributed by atoms with Crippen LogP contribution in [0.15, 0.2) is 83.5 Å². The minimum Gasteiger partial charge on any atom is -0.467 e. The first-order valence-corrected chi connectivity index (χ1v) is 9.83. The van der Waals surface area contributed by atoms with Gasteiger partial charge in [0.1, 0.15) is 5.76 Å². The summed E-state index contributed by atoms with van der Waals surface area (Å²) in [4.78, 5) is 15.9. The van der Waals surface area contributed by atoms with Gasteiger partial charge in [-0.25, -0.2) is 0 Å². The van der Waals surface area contributed by atoms with E-state index in [9.17, 15) is 4.79 Å². The normalized spacial score (nSPS) is 14.9. The first-order chi connectivity index (χ1) is 13.8. The molecular weight excluding hydrogens is 350 g/mol. The van der Waals surface area contributed by atoms with Crippen LogP contribution in [0.3, 0.4) is 0 Å². The molecule has 4 nitrogen and oxygen atoms in total. The number of nitrogens with zero attached hydrogens (tertiary/aromatic N) is 1. The lowest BCUT2D eigenvalue weighted by Gasteiger charge is -2.36. The van der Waals surface area contributed by atoms with E-state index in [2.05, 4.69) is 0 Å².